The van der Waals surface area contributed by atoms with Crippen molar-refractivity contribution < 1.29 is 9.18 Å². The summed E-state index contributed by atoms with van der Waals surface area (Å²) in [6, 6.07) is 5.84. The number of aromatic nitrogens is 1. The van der Waals surface area contributed by atoms with Crippen molar-refractivity contribution in [3.63, 3.8) is 0 Å². The predicted octanol–water partition coefficient (Wildman–Crippen LogP) is 2.12. The van der Waals surface area contributed by atoms with Crippen LogP contribution < -0.4 is 11.1 Å². The summed E-state index contributed by atoms with van der Waals surface area (Å²) in [5.41, 5.74) is 5.99. The molecule has 0 saturated heterocycles. The molecule has 6 heteroatoms. The number of carbonyl (C=O) groups excluding carboxylic acids is 1. The standard InChI is InChI=1S/C10H8FN3OS/c11-6-1-3-7(4-2-6)13-10-14-8(5-16-10)9(12)15/h1-5H,(H2,12,15)(H,13,14). The molecular weight excluding hydrogens is 229 g/mol. The van der Waals surface area contributed by atoms with Gasteiger partial charge in [-0.2, -0.15) is 0 Å². The first kappa shape index (κ1) is 10.6. The topological polar surface area (TPSA) is 68.0 Å². The van der Waals surface area contributed by atoms with Gasteiger partial charge in [0.1, 0.15) is 11.5 Å². The van der Waals surface area contributed by atoms with Crippen molar-refractivity contribution in [3.05, 3.63) is 41.2 Å². The Kier molecular flexibility index (Phi) is 2.82. The van der Waals surface area contributed by atoms with Crippen molar-refractivity contribution in [2.24, 2.45) is 5.73 Å². The number of anilines is 2. The maximum atomic E-state index is 12.6. The van der Waals surface area contributed by atoms with Crippen LogP contribution in [-0.4, -0.2) is 10.9 Å². The molecule has 16 heavy (non-hydrogen) atoms. The van der Waals surface area contributed by atoms with Gasteiger partial charge < -0.3 is 11.1 Å². The van der Waals surface area contributed by atoms with E-state index in [0.717, 1.165) is 0 Å². The summed E-state index contributed by atoms with van der Waals surface area (Å²) >= 11 is 1.26. The highest BCUT2D eigenvalue weighted by Crippen LogP contribution is 2.20. The molecule has 0 fully saturated rings. The molecule has 0 unspecified atom stereocenters. The van der Waals surface area contributed by atoms with Crippen LogP contribution in [-0.2, 0) is 0 Å². The second-order valence-electron chi connectivity index (χ2n) is 3.03. The van der Waals surface area contributed by atoms with E-state index in [1.165, 1.54) is 23.5 Å². The van der Waals surface area contributed by atoms with Crippen LogP contribution in [0.2, 0.25) is 0 Å². The number of hydrogen-bond donors (Lipinski definition) is 2. The SMILES string of the molecule is NC(=O)c1csc(Nc2ccc(F)cc2)n1. The zero-order valence-corrected chi connectivity index (χ0v) is 8.92. The number of primary amides is 1. The number of hydrogen-bond acceptors (Lipinski definition) is 4. The summed E-state index contributed by atoms with van der Waals surface area (Å²) in [6.07, 6.45) is 0. The normalized spacial score (nSPS) is 10.1. The first-order valence-corrected chi connectivity index (χ1v) is 5.31. The lowest BCUT2D eigenvalue weighted by Crippen LogP contribution is -2.11. The number of carbonyl (C=O) groups is 1. The number of halogens is 1. The monoisotopic (exact) mass is 237 g/mol. The van der Waals surface area contributed by atoms with E-state index in [0.29, 0.717) is 10.8 Å². The Bertz CT molecular complexity index is 509. The van der Waals surface area contributed by atoms with Gasteiger partial charge in [-0.1, -0.05) is 0 Å². The molecule has 2 aromatic rings. The summed E-state index contributed by atoms with van der Waals surface area (Å²) in [7, 11) is 0. The first-order chi connectivity index (χ1) is 7.65. The maximum Gasteiger partial charge on any atom is 0.268 e. The highest BCUT2D eigenvalue weighted by molar-refractivity contribution is 7.14. The van der Waals surface area contributed by atoms with Gasteiger partial charge in [0.2, 0.25) is 0 Å². The number of nitrogens with two attached hydrogens (primary N) is 1. The van der Waals surface area contributed by atoms with Gasteiger partial charge in [0.15, 0.2) is 5.13 Å². The molecule has 1 aromatic carbocycles. The minimum Gasteiger partial charge on any atom is -0.364 e. The van der Waals surface area contributed by atoms with Gasteiger partial charge in [-0.15, -0.1) is 11.3 Å². The molecule has 0 aliphatic carbocycles. The number of rotatable bonds is 3. The highest BCUT2D eigenvalue weighted by atomic mass is 32.1. The van der Waals surface area contributed by atoms with E-state index < -0.39 is 5.91 Å². The summed E-state index contributed by atoms with van der Waals surface area (Å²) in [5.74, 6) is -0.870. The lowest BCUT2D eigenvalue weighted by molar-refractivity contribution is 0.0996. The van der Waals surface area contributed by atoms with Crippen LogP contribution in [0, 0.1) is 5.82 Å². The molecule has 0 aliphatic rings. The minimum absolute atomic E-state index is 0.217. The second kappa shape index (κ2) is 4.28. The van der Waals surface area contributed by atoms with Gasteiger partial charge in [0, 0.05) is 11.1 Å². The Morgan fingerprint density at radius 2 is 2.06 bits per heavy atom. The molecule has 4 nitrogen and oxygen atoms in total. The van der Waals surface area contributed by atoms with Crippen molar-refractivity contribution >= 4 is 28.1 Å². The lowest BCUT2D eigenvalue weighted by Gasteiger charge is -2.00. The van der Waals surface area contributed by atoms with Gasteiger partial charge in [-0.3, -0.25) is 4.79 Å². The molecule has 1 heterocycles. The van der Waals surface area contributed by atoms with Crippen LogP contribution in [0.5, 0.6) is 0 Å². The smallest absolute Gasteiger partial charge is 0.268 e. The summed E-state index contributed by atoms with van der Waals surface area (Å²) < 4.78 is 12.6. The van der Waals surface area contributed by atoms with Crippen LogP contribution in [0.25, 0.3) is 0 Å². The van der Waals surface area contributed by atoms with E-state index in [1.807, 2.05) is 0 Å². The minimum atomic E-state index is -0.566. The third kappa shape index (κ3) is 2.34. The highest BCUT2D eigenvalue weighted by Gasteiger charge is 2.06. The van der Waals surface area contributed by atoms with Crippen LogP contribution in [0.1, 0.15) is 10.5 Å². The summed E-state index contributed by atoms with van der Waals surface area (Å²) in [6.45, 7) is 0. The second-order valence-corrected chi connectivity index (χ2v) is 3.89. The number of nitrogens with zero attached hydrogens (tertiary/aromatic N) is 1. The van der Waals surface area contributed by atoms with Crippen LogP contribution in [0.3, 0.4) is 0 Å². The zero-order valence-electron chi connectivity index (χ0n) is 8.11. The molecule has 0 bridgehead atoms. The Labute approximate surface area is 94.9 Å². The van der Waals surface area contributed by atoms with Crippen LogP contribution in [0.15, 0.2) is 29.6 Å². The number of nitrogens with one attached hydrogen (secondary N) is 1. The molecule has 0 spiro atoms. The van der Waals surface area contributed by atoms with Gasteiger partial charge >= 0.3 is 0 Å². The molecule has 82 valence electrons. The number of thiazole rings is 1. The average Bonchev–Trinajstić information content (AvgIpc) is 2.70. The van der Waals surface area contributed by atoms with E-state index in [4.69, 9.17) is 5.73 Å². The van der Waals surface area contributed by atoms with Gasteiger partial charge in [0.05, 0.1) is 0 Å². The third-order valence-electron chi connectivity index (χ3n) is 1.85. The Hall–Kier alpha value is -1.95. The van der Waals surface area contributed by atoms with Crippen molar-refractivity contribution in [1.29, 1.82) is 0 Å². The quantitative estimate of drug-likeness (QED) is 0.859. The van der Waals surface area contributed by atoms with Gasteiger partial charge in [0.25, 0.3) is 5.91 Å². The van der Waals surface area contributed by atoms with E-state index in [2.05, 4.69) is 10.3 Å². The first-order valence-electron chi connectivity index (χ1n) is 4.43. The van der Waals surface area contributed by atoms with Gasteiger partial charge in [-0.25, -0.2) is 9.37 Å². The van der Waals surface area contributed by atoms with Gasteiger partial charge in [-0.05, 0) is 24.3 Å². The van der Waals surface area contributed by atoms with Crippen molar-refractivity contribution in [2.75, 3.05) is 5.32 Å². The largest absolute Gasteiger partial charge is 0.364 e. The molecule has 1 amide bonds. The molecule has 2 rings (SSSR count). The zero-order chi connectivity index (χ0) is 11.5. The third-order valence-corrected chi connectivity index (χ3v) is 2.61. The van der Waals surface area contributed by atoms with E-state index >= 15 is 0 Å². The molecule has 3 N–H and O–H groups in total. The molecule has 0 saturated carbocycles. The molecule has 0 radical (unpaired) electrons. The van der Waals surface area contributed by atoms with E-state index in [-0.39, 0.29) is 11.5 Å². The average molecular weight is 237 g/mol. The predicted molar refractivity (Wildman–Crippen MR) is 60.3 cm³/mol. The number of amides is 1. The summed E-state index contributed by atoms with van der Waals surface area (Å²) in [5, 5.41) is 5.05. The Morgan fingerprint density at radius 1 is 1.38 bits per heavy atom. The fraction of sp³-hybridized carbons (Fsp3) is 0. The Morgan fingerprint density at radius 3 is 2.62 bits per heavy atom. The molecule has 1 aromatic heterocycles. The lowest BCUT2D eigenvalue weighted by atomic mass is 10.3. The van der Waals surface area contributed by atoms with Crippen LogP contribution in [0.4, 0.5) is 15.2 Å². The van der Waals surface area contributed by atoms with Crippen LogP contribution >= 0.6 is 11.3 Å². The molecule has 0 atom stereocenters. The Balaban J connectivity index is 2.14. The van der Waals surface area contributed by atoms with E-state index in [1.54, 1.807) is 17.5 Å². The maximum absolute atomic E-state index is 12.6. The fourth-order valence-electron chi connectivity index (χ4n) is 1.10. The molecular formula is C10H8FN3OS. The fourth-order valence-corrected chi connectivity index (χ4v) is 1.82. The van der Waals surface area contributed by atoms with Crippen molar-refractivity contribution in [3.8, 4) is 0 Å². The van der Waals surface area contributed by atoms with Crippen molar-refractivity contribution in [2.45, 2.75) is 0 Å². The van der Waals surface area contributed by atoms with Crippen molar-refractivity contribution in [1.82, 2.24) is 4.98 Å². The number of benzene rings is 1. The molecule has 0 aliphatic heterocycles. The van der Waals surface area contributed by atoms with E-state index in [9.17, 15) is 9.18 Å². The summed E-state index contributed by atoms with van der Waals surface area (Å²) in [4.78, 5) is 14.8.